The van der Waals surface area contributed by atoms with Crippen molar-refractivity contribution >= 4 is 11.7 Å². The van der Waals surface area contributed by atoms with Gasteiger partial charge in [0.2, 0.25) is 5.91 Å². The van der Waals surface area contributed by atoms with Gasteiger partial charge in [-0.3, -0.25) is 14.9 Å². The summed E-state index contributed by atoms with van der Waals surface area (Å²) in [6.45, 7) is 5.74. The lowest BCUT2D eigenvalue weighted by atomic mass is 10.0. The van der Waals surface area contributed by atoms with Crippen LogP contribution in [0, 0.1) is 0 Å². The molecule has 1 fully saturated rings. The third-order valence-corrected chi connectivity index (χ3v) is 4.04. The lowest BCUT2D eigenvalue weighted by Gasteiger charge is -2.39. The number of hydrogen-bond donors (Lipinski definition) is 1. The number of rotatable bonds is 4. The van der Waals surface area contributed by atoms with Crippen LogP contribution in [0.2, 0.25) is 0 Å². The molecule has 0 aromatic heterocycles. The number of hydrogen-bond acceptors (Lipinski definition) is 4. The minimum absolute atomic E-state index is 0.0239. The molecule has 0 spiro atoms. The summed E-state index contributed by atoms with van der Waals surface area (Å²) in [5.41, 5.74) is 1.03. The van der Waals surface area contributed by atoms with Crippen LogP contribution in [-0.2, 0) is 9.59 Å². The predicted octanol–water partition coefficient (Wildman–Crippen LogP) is 1.53. The van der Waals surface area contributed by atoms with Crippen molar-refractivity contribution in [2.45, 2.75) is 38.9 Å². The van der Waals surface area contributed by atoms with Crippen molar-refractivity contribution < 1.29 is 14.3 Å². The molecule has 1 aromatic rings. The first-order chi connectivity index (χ1) is 9.93. The molecule has 1 heterocycles. The highest BCUT2D eigenvalue weighted by atomic mass is 16.5. The summed E-state index contributed by atoms with van der Waals surface area (Å²) in [5, 5.41) is 3.06. The Morgan fingerprint density at radius 1 is 1.38 bits per heavy atom. The molecule has 114 valence electrons. The Hall–Kier alpha value is -1.88. The van der Waals surface area contributed by atoms with Gasteiger partial charge in [0, 0.05) is 6.54 Å². The van der Waals surface area contributed by atoms with Crippen molar-refractivity contribution in [2.75, 3.05) is 13.7 Å². The zero-order valence-corrected chi connectivity index (χ0v) is 12.9. The van der Waals surface area contributed by atoms with Gasteiger partial charge in [-0.2, -0.15) is 0 Å². The Bertz CT molecular complexity index is 527. The number of Topliss-reactive ketones (excluding diaryl/α,β-unsaturated/α-hetero) is 1. The second-order valence-corrected chi connectivity index (χ2v) is 5.49. The number of piperazine rings is 1. The minimum Gasteiger partial charge on any atom is -0.497 e. The summed E-state index contributed by atoms with van der Waals surface area (Å²) >= 11 is 0. The summed E-state index contributed by atoms with van der Waals surface area (Å²) < 4.78 is 5.15. The van der Waals surface area contributed by atoms with Crippen molar-refractivity contribution in [3.05, 3.63) is 29.8 Å². The third kappa shape index (κ3) is 3.24. The highest BCUT2D eigenvalue weighted by Crippen LogP contribution is 2.25. The predicted molar refractivity (Wildman–Crippen MR) is 80.2 cm³/mol. The molecular formula is C16H22N2O3. The standard InChI is InChI=1S/C16H22N2O3/c1-10-16(20)18(9-15(17-10)12(3)19)11(2)13-5-7-14(21-4)8-6-13/h5-8,10-11,15,17H,9H2,1-4H3/t10-,11+,15?/m1/s1. The van der Waals surface area contributed by atoms with Crippen LogP contribution in [0.1, 0.15) is 32.4 Å². The Morgan fingerprint density at radius 2 is 2.00 bits per heavy atom. The van der Waals surface area contributed by atoms with Crippen LogP contribution < -0.4 is 10.1 Å². The Morgan fingerprint density at radius 3 is 2.52 bits per heavy atom. The quantitative estimate of drug-likeness (QED) is 0.913. The maximum atomic E-state index is 12.4. The molecule has 0 bridgehead atoms. The van der Waals surface area contributed by atoms with Gasteiger partial charge in [0.1, 0.15) is 11.5 Å². The number of amides is 1. The van der Waals surface area contributed by atoms with Crippen molar-refractivity contribution in [2.24, 2.45) is 0 Å². The van der Waals surface area contributed by atoms with E-state index < -0.39 is 0 Å². The second-order valence-electron chi connectivity index (χ2n) is 5.49. The number of nitrogens with one attached hydrogen (secondary N) is 1. The van der Waals surface area contributed by atoms with E-state index in [0.29, 0.717) is 6.54 Å². The Labute approximate surface area is 125 Å². The summed E-state index contributed by atoms with van der Waals surface area (Å²) in [5.74, 6) is 0.865. The molecule has 1 aliphatic heterocycles. The van der Waals surface area contributed by atoms with E-state index in [4.69, 9.17) is 4.74 Å². The van der Waals surface area contributed by atoms with Crippen LogP contribution in [-0.4, -0.2) is 42.3 Å². The van der Waals surface area contributed by atoms with Gasteiger partial charge in [-0.15, -0.1) is 0 Å². The van der Waals surface area contributed by atoms with Gasteiger partial charge in [-0.1, -0.05) is 12.1 Å². The number of methoxy groups -OCH3 is 1. The van der Waals surface area contributed by atoms with E-state index in [1.165, 1.54) is 0 Å². The molecule has 1 aliphatic rings. The van der Waals surface area contributed by atoms with E-state index in [0.717, 1.165) is 11.3 Å². The lowest BCUT2D eigenvalue weighted by Crippen LogP contribution is -2.61. The first kappa shape index (κ1) is 15.5. The van der Waals surface area contributed by atoms with E-state index in [1.54, 1.807) is 25.9 Å². The highest BCUT2D eigenvalue weighted by Gasteiger charge is 2.35. The first-order valence-corrected chi connectivity index (χ1v) is 7.15. The number of nitrogens with zero attached hydrogens (tertiary/aromatic N) is 1. The first-order valence-electron chi connectivity index (χ1n) is 7.15. The molecule has 3 atom stereocenters. The molecule has 0 saturated carbocycles. The molecule has 5 nitrogen and oxygen atoms in total. The highest BCUT2D eigenvalue weighted by molar-refractivity contribution is 5.88. The maximum absolute atomic E-state index is 12.4. The molecule has 1 N–H and O–H groups in total. The fourth-order valence-corrected chi connectivity index (χ4v) is 2.62. The van der Waals surface area contributed by atoms with E-state index in [9.17, 15) is 9.59 Å². The molecule has 2 rings (SSSR count). The monoisotopic (exact) mass is 290 g/mol. The van der Waals surface area contributed by atoms with Crippen molar-refractivity contribution in [1.82, 2.24) is 10.2 Å². The second kappa shape index (κ2) is 6.26. The van der Waals surface area contributed by atoms with E-state index >= 15 is 0 Å². The molecule has 5 heteroatoms. The summed E-state index contributed by atoms with van der Waals surface area (Å²) in [6.07, 6.45) is 0. The third-order valence-electron chi connectivity index (χ3n) is 4.04. The fraction of sp³-hybridized carbons (Fsp3) is 0.500. The van der Waals surface area contributed by atoms with Crippen LogP contribution in [0.4, 0.5) is 0 Å². The SMILES string of the molecule is COc1ccc([C@H](C)N2CC(C(C)=O)N[C@H](C)C2=O)cc1. The smallest absolute Gasteiger partial charge is 0.240 e. The zero-order chi connectivity index (χ0) is 15.6. The van der Waals surface area contributed by atoms with E-state index in [-0.39, 0.29) is 29.8 Å². The van der Waals surface area contributed by atoms with Crippen LogP contribution in [0.3, 0.4) is 0 Å². The molecular weight excluding hydrogens is 268 g/mol. The summed E-state index contributed by atoms with van der Waals surface area (Å²) in [7, 11) is 1.62. The molecule has 1 amide bonds. The average molecular weight is 290 g/mol. The van der Waals surface area contributed by atoms with E-state index in [2.05, 4.69) is 5.32 Å². The molecule has 0 aliphatic carbocycles. The van der Waals surface area contributed by atoms with Gasteiger partial charge in [-0.25, -0.2) is 0 Å². The largest absolute Gasteiger partial charge is 0.497 e. The molecule has 1 aromatic carbocycles. The summed E-state index contributed by atoms with van der Waals surface area (Å²) in [4.78, 5) is 25.8. The summed E-state index contributed by atoms with van der Waals surface area (Å²) in [6, 6.07) is 6.95. The number of ketones is 1. The number of carbonyl (C=O) groups excluding carboxylic acids is 2. The normalized spacial score (nSPS) is 23.8. The molecule has 21 heavy (non-hydrogen) atoms. The van der Waals surface area contributed by atoms with Gasteiger partial charge >= 0.3 is 0 Å². The molecule has 1 unspecified atom stereocenters. The van der Waals surface area contributed by atoms with Gasteiger partial charge in [0.25, 0.3) is 0 Å². The van der Waals surface area contributed by atoms with Gasteiger partial charge < -0.3 is 9.64 Å². The van der Waals surface area contributed by atoms with Gasteiger partial charge in [-0.05, 0) is 38.5 Å². The Kier molecular flexibility index (Phi) is 4.63. The van der Waals surface area contributed by atoms with Crippen molar-refractivity contribution in [3.63, 3.8) is 0 Å². The molecule has 1 saturated heterocycles. The lowest BCUT2D eigenvalue weighted by molar-refractivity contribution is -0.140. The zero-order valence-electron chi connectivity index (χ0n) is 12.9. The number of ether oxygens (including phenoxy) is 1. The van der Waals surface area contributed by atoms with Gasteiger partial charge in [0.15, 0.2) is 0 Å². The van der Waals surface area contributed by atoms with Crippen molar-refractivity contribution in [1.29, 1.82) is 0 Å². The maximum Gasteiger partial charge on any atom is 0.240 e. The van der Waals surface area contributed by atoms with Gasteiger partial charge in [0.05, 0.1) is 25.2 Å². The fourth-order valence-electron chi connectivity index (χ4n) is 2.62. The van der Waals surface area contributed by atoms with Crippen LogP contribution in [0.5, 0.6) is 5.75 Å². The van der Waals surface area contributed by atoms with Crippen molar-refractivity contribution in [3.8, 4) is 5.75 Å². The molecule has 0 radical (unpaired) electrons. The average Bonchev–Trinajstić information content (AvgIpc) is 2.49. The van der Waals surface area contributed by atoms with Crippen LogP contribution >= 0.6 is 0 Å². The minimum atomic E-state index is -0.339. The van der Waals surface area contributed by atoms with E-state index in [1.807, 2.05) is 31.2 Å². The number of benzene rings is 1. The van der Waals surface area contributed by atoms with Crippen LogP contribution in [0.25, 0.3) is 0 Å². The topological polar surface area (TPSA) is 58.6 Å². The van der Waals surface area contributed by atoms with Crippen LogP contribution in [0.15, 0.2) is 24.3 Å². The Balaban J connectivity index is 2.20. The number of carbonyl (C=O) groups is 2.